The number of nitrogens with zero attached hydrogens (tertiary/aromatic N) is 5. The summed E-state index contributed by atoms with van der Waals surface area (Å²) in [7, 11) is 0. The van der Waals surface area contributed by atoms with Gasteiger partial charge in [0.25, 0.3) is 0 Å². The Balaban J connectivity index is 1.77. The highest BCUT2D eigenvalue weighted by atomic mass is 35.5. The Morgan fingerprint density at radius 3 is 2.46 bits per heavy atom. The standard InChI is InChI=1S/C19H23ClN6/c1-12(2)25-9-7-15(8-10-25)26-19-16(18(21)22-11-23-19)17(24-26)13-3-5-14(20)6-4-13/h3-6,11-12,15H,7-10H2,1-2H3,(H2,21,22,23). The first-order valence-corrected chi connectivity index (χ1v) is 9.41. The van der Waals surface area contributed by atoms with Crippen LogP contribution in [0.3, 0.4) is 0 Å². The topological polar surface area (TPSA) is 72.9 Å². The van der Waals surface area contributed by atoms with E-state index in [0.717, 1.165) is 48.2 Å². The highest BCUT2D eigenvalue weighted by Crippen LogP contribution is 2.34. The summed E-state index contributed by atoms with van der Waals surface area (Å²) in [6, 6.07) is 8.55. The van der Waals surface area contributed by atoms with Gasteiger partial charge in [-0.05, 0) is 38.8 Å². The smallest absolute Gasteiger partial charge is 0.164 e. The summed E-state index contributed by atoms with van der Waals surface area (Å²) >= 11 is 6.04. The molecular formula is C19H23ClN6. The van der Waals surface area contributed by atoms with Crippen LogP contribution in [0.25, 0.3) is 22.3 Å². The maximum atomic E-state index is 6.19. The second-order valence-corrected chi connectivity index (χ2v) is 7.55. The number of fused-ring (bicyclic) bond motifs is 1. The van der Waals surface area contributed by atoms with Gasteiger partial charge in [-0.1, -0.05) is 23.7 Å². The Hall–Kier alpha value is -2.18. The molecule has 0 spiro atoms. The number of hydrogen-bond acceptors (Lipinski definition) is 5. The number of hydrogen-bond donors (Lipinski definition) is 1. The van der Waals surface area contributed by atoms with Crippen molar-refractivity contribution in [2.75, 3.05) is 18.8 Å². The van der Waals surface area contributed by atoms with Gasteiger partial charge in [0.1, 0.15) is 17.8 Å². The Labute approximate surface area is 158 Å². The molecule has 1 saturated heterocycles. The minimum absolute atomic E-state index is 0.322. The molecule has 1 aliphatic rings. The third-order valence-electron chi connectivity index (χ3n) is 5.21. The molecular weight excluding hydrogens is 348 g/mol. The van der Waals surface area contributed by atoms with E-state index in [4.69, 9.17) is 22.4 Å². The monoisotopic (exact) mass is 370 g/mol. The Morgan fingerprint density at radius 1 is 1.12 bits per heavy atom. The van der Waals surface area contributed by atoms with E-state index in [2.05, 4.69) is 33.4 Å². The molecule has 0 radical (unpaired) electrons. The highest BCUT2D eigenvalue weighted by molar-refractivity contribution is 6.30. The fourth-order valence-electron chi connectivity index (χ4n) is 3.71. The average molecular weight is 371 g/mol. The summed E-state index contributed by atoms with van der Waals surface area (Å²) in [4.78, 5) is 11.2. The Morgan fingerprint density at radius 2 is 1.81 bits per heavy atom. The molecule has 4 rings (SSSR count). The van der Waals surface area contributed by atoms with Crippen LogP contribution in [-0.4, -0.2) is 43.8 Å². The molecule has 6 nitrogen and oxygen atoms in total. The fraction of sp³-hybridized carbons (Fsp3) is 0.421. The van der Waals surface area contributed by atoms with Crippen molar-refractivity contribution in [3.8, 4) is 11.3 Å². The lowest BCUT2D eigenvalue weighted by molar-refractivity contribution is 0.148. The van der Waals surface area contributed by atoms with Gasteiger partial charge in [0.05, 0.1) is 11.4 Å². The van der Waals surface area contributed by atoms with Crippen molar-refractivity contribution in [2.45, 2.75) is 38.8 Å². The van der Waals surface area contributed by atoms with Gasteiger partial charge in [0.2, 0.25) is 0 Å². The molecule has 1 fully saturated rings. The van der Waals surface area contributed by atoms with E-state index in [0.29, 0.717) is 22.9 Å². The summed E-state index contributed by atoms with van der Waals surface area (Å²) < 4.78 is 2.05. The largest absolute Gasteiger partial charge is 0.383 e. The van der Waals surface area contributed by atoms with Gasteiger partial charge >= 0.3 is 0 Å². The molecule has 26 heavy (non-hydrogen) atoms. The first-order chi connectivity index (χ1) is 12.5. The molecule has 0 unspecified atom stereocenters. The van der Waals surface area contributed by atoms with Crippen molar-refractivity contribution in [2.24, 2.45) is 0 Å². The van der Waals surface area contributed by atoms with E-state index in [-0.39, 0.29) is 0 Å². The summed E-state index contributed by atoms with van der Waals surface area (Å²) in [6.45, 7) is 6.63. The van der Waals surface area contributed by atoms with Crippen LogP contribution >= 0.6 is 11.6 Å². The summed E-state index contributed by atoms with van der Waals surface area (Å²) in [6.07, 6.45) is 3.63. The van der Waals surface area contributed by atoms with Crippen molar-refractivity contribution < 1.29 is 0 Å². The Bertz CT molecular complexity index is 910. The summed E-state index contributed by atoms with van der Waals surface area (Å²) in [5.74, 6) is 0.464. The molecule has 3 heterocycles. The Kier molecular flexibility index (Phi) is 4.54. The minimum atomic E-state index is 0.322. The van der Waals surface area contributed by atoms with Gasteiger partial charge in [0, 0.05) is 29.7 Å². The zero-order chi connectivity index (χ0) is 18.3. The second-order valence-electron chi connectivity index (χ2n) is 7.12. The SMILES string of the molecule is CC(C)N1CCC(n2nc(-c3ccc(Cl)cc3)c3c(N)ncnc32)CC1. The minimum Gasteiger partial charge on any atom is -0.383 e. The molecule has 0 atom stereocenters. The van der Waals surface area contributed by atoms with Crippen LogP contribution in [0.1, 0.15) is 32.7 Å². The van der Waals surface area contributed by atoms with Crippen LogP contribution in [0.5, 0.6) is 0 Å². The molecule has 7 heteroatoms. The van der Waals surface area contributed by atoms with Gasteiger partial charge in [-0.25, -0.2) is 14.6 Å². The van der Waals surface area contributed by atoms with Crippen LogP contribution < -0.4 is 5.73 Å². The number of piperidine rings is 1. The normalized spacial score (nSPS) is 16.6. The number of benzene rings is 1. The van der Waals surface area contributed by atoms with Gasteiger partial charge in [-0.3, -0.25) is 0 Å². The maximum absolute atomic E-state index is 6.19. The van der Waals surface area contributed by atoms with Crippen LogP contribution in [0.2, 0.25) is 5.02 Å². The fourth-order valence-corrected chi connectivity index (χ4v) is 3.83. The lowest BCUT2D eigenvalue weighted by Crippen LogP contribution is -2.39. The van der Waals surface area contributed by atoms with Crippen LogP contribution in [0.4, 0.5) is 5.82 Å². The third-order valence-corrected chi connectivity index (χ3v) is 5.46. The number of halogens is 1. The van der Waals surface area contributed by atoms with Crippen molar-refractivity contribution in [3.63, 3.8) is 0 Å². The predicted molar refractivity (Wildman–Crippen MR) is 105 cm³/mol. The van der Waals surface area contributed by atoms with E-state index in [1.54, 1.807) is 0 Å². The molecule has 0 saturated carbocycles. The molecule has 1 aliphatic heterocycles. The first-order valence-electron chi connectivity index (χ1n) is 9.03. The maximum Gasteiger partial charge on any atom is 0.164 e. The van der Waals surface area contributed by atoms with Gasteiger partial charge in [-0.2, -0.15) is 5.10 Å². The molecule has 0 aliphatic carbocycles. The van der Waals surface area contributed by atoms with Crippen molar-refractivity contribution in [3.05, 3.63) is 35.6 Å². The van der Waals surface area contributed by atoms with Gasteiger partial charge in [-0.15, -0.1) is 0 Å². The second kappa shape index (κ2) is 6.85. The van der Waals surface area contributed by atoms with Crippen molar-refractivity contribution in [1.82, 2.24) is 24.6 Å². The van der Waals surface area contributed by atoms with Crippen LogP contribution in [-0.2, 0) is 0 Å². The van der Waals surface area contributed by atoms with E-state index in [9.17, 15) is 0 Å². The quantitative estimate of drug-likeness (QED) is 0.759. The molecule has 0 amide bonds. The van der Waals surface area contributed by atoms with Gasteiger partial charge < -0.3 is 10.6 Å². The van der Waals surface area contributed by atoms with Gasteiger partial charge in [0.15, 0.2) is 5.65 Å². The summed E-state index contributed by atoms with van der Waals surface area (Å²) in [5, 5.41) is 6.43. The lowest BCUT2D eigenvalue weighted by Gasteiger charge is -2.34. The van der Waals surface area contributed by atoms with Crippen LogP contribution in [0, 0.1) is 0 Å². The lowest BCUT2D eigenvalue weighted by atomic mass is 10.0. The van der Waals surface area contributed by atoms with E-state index >= 15 is 0 Å². The number of nitrogen functional groups attached to an aromatic ring is 1. The first kappa shape index (κ1) is 17.2. The molecule has 136 valence electrons. The van der Waals surface area contributed by atoms with E-state index < -0.39 is 0 Å². The predicted octanol–water partition coefficient (Wildman–Crippen LogP) is 3.77. The molecule has 2 N–H and O–H groups in total. The van der Waals surface area contributed by atoms with E-state index in [1.165, 1.54) is 6.33 Å². The summed E-state index contributed by atoms with van der Waals surface area (Å²) in [5.41, 5.74) is 8.79. The zero-order valence-corrected chi connectivity index (χ0v) is 15.8. The number of aromatic nitrogens is 4. The zero-order valence-electron chi connectivity index (χ0n) is 15.1. The van der Waals surface area contributed by atoms with Crippen LogP contribution in [0.15, 0.2) is 30.6 Å². The van der Waals surface area contributed by atoms with Crippen molar-refractivity contribution >= 4 is 28.5 Å². The third kappa shape index (κ3) is 3.04. The number of likely N-dealkylation sites (tertiary alicyclic amines) is 1. The molecule has 1 aromatic carbocycles. The number of rotatable bonds is 3. The molecule has 2 aromatic heterocycles. The van der Waals surface area contributed by atoms with E-state index in [1.807, 2.05) is 24.3 Å². The highest BCUT2D eigenvalue weighted by Gasteiger charge is 2.26. The molecule has 3 aromatic rings. The number of anilines is 1. The number of nitrogens with two attached hydrogens (primary N) is 1. The molecule has 0 bridgehead atoms. The van der Waals surface area contributed by atoms with Crippen molar-refractivity contribution in [1.29, 1.82) is 0 Å². The average Bonchev–Trinajstić information content (AvgIpc) is 3.03.